The molecule has 4 amide bonds. The zero-order chi connectivity index (χ0) is 22.6. The Morgan fingerprint density at radius 1 is 1.06 bits per heavy atom. The minimum atomic E-state index is -3.95. The van der Waals surface area contributed by atoms with Gasteiger partial charge in [0.1, 0.15) is 5.75 Å². The SMILES string of the molecule is COc1ccc(N2C[C@@H](NC(=O)Nc3ccc(S(=O)(=O)NC(C)=O)cc3)CC2=O)cc1. The van der Waals surface area contributed by atoms with Crippen LogP contribution in [0.3, 0.4) is 0 Å². The third-order valence-corrected chi connectivity index (χ3v) is 5.99. The molecule has 0 aromatic heterocycles. The Balaban J connectivity index is 1.57. The highest BCUT2D eigenvalue weighted by molar-refractivity contribution is 7.90. The van der Waals surface area contributed by atoms with E-state index in [0.29, 0.717) is 23.7 Å². The predicted molar refractivity (Wildman–Crippen MR) is 113 cm³/mol. The van der Waals surface area contributed by atoms with E-state index in [1.165, 1.54) is 24.3 Å². The van der Waals surface area contributed by atoms with E-state index in [0.717, 1.165) is 6.92 Å². The van der Waals surface area contributed by atoms with E-state index in [9.17, 15) is 22.8 Å². The van der Waals surface area contributed by atoms with E-state index >= 15 is 0 Å². The fourth-order valence-corrected chi connectivity index (χ4v) is 4.12. The third kappa shape index (κ3) is 5.51. The fraction of sp³-hybridized carbons (Fsp3) is 0.250. The van der Waals surface area contributed by atoms with Gasteiger partial charge in [0.15, 0.2) is 0 Å². The smallest absolute Gasteiger partial charge is 0.319 e. The van der Waals surface area contributed by atoms with Gasteiger partial charge in [0.25, 0.3) is 10.0 Å². The summed E-state index contributed by atoms with van der Waals surface area (Å²) < 4.78 is 30.9. The van der Waals surface area contributed by atoms with Gasteiger partial charge < -0.3 is 20.3 Å². The topological polar surface area (TPSA) is 134 Å². The normalized spacial score (nSPS) is 16.0. The number of carbonyl (C=O) groups is 3. The van der Waals surface area contributed by atoms with Crippen LogP contribution in [-0.2, 0) is 19.6 Å². The monoisotopic (exact) mass is 446 g/mol. The van der Waals surface area contributed by atoms with Crippen molar-refractivity contribution >= 4 is 39.2 Å². The molecule has 10 nitrogen and oxygen atoms in total. The van der Waals surface area contributed by atoms with E-state index in [-0.39, 0.29) is 23.3 Å². The Labute approximate surface area is 179 Å². The third-order valence-electron chi connectivity index (χ3n) is 4.54. The van der Waals surface area contributed by atoms with E-state index < -0.39 is 22.0 Å². The van der Waals surface area contributed by atoms with Crippen molar-refractivity contribution < 1.29 is 27.5 Å². The Kier molecular flexibility index (Phi) is 6.44. The average molecular weight is 446 g/mol. The van der Waals surface area contributed by atoms with Crippen LogP contribution in [0.4, 0.5) is 16.2 Å². The van der Waals surface area contributed by atoms with Crippen LogP contribution in [0.15, 0.2) is 53.4 Å². The van der Waals surface area contributed by atoms with Crippen LogP contribution in [0.2, 0.25) is 0 Å². The number of rotatable bonds is 6. The quantitative estimate of drug-likeness (QED) is 0.615. The van der Waals surface area contributed by atoms with Gasteiger partial charge in [0.2, 0.25) is 11.8 Å². The first-order valence-electron chi connectivity index (χ1n) is 9.33. The molecular weight excluding hydrogens is 424 g/mol. The molecule has 11 heteroatoms. The van der Waals surface area contributed by atoms with Crippen LogP contribution in [0.1, 0.15) is 13.3 Å². The van der Waals surface area contributed by atoms with Crippen molar-refractivity contribution in [1.82, 2.24) is 10.0 Å². The summed E-state index contributed by atoms with van der Waals surface area (Å²) in [4.78, 5) is 37.1. The number of nitrogens with one attached hydrogen (secondary N) is 3. The molecule has 2 aromatic carbocycles. The Hall–Kier alpha value is -3.60. The predicted octanol–water partition coefficient (Wildman–Crippen LogP) is 1.45. The van der Waals surface area contributed by atoms with Crippen LogP contribution in [-0.4, -0.2) is 46.0 Å². The maximum absolute atomic E-state index is 12.3. The van der Waals surface area contributed by atoms with Crippen LogP contribution < -0.4 is 25.0 Å². The molecule has 1 heterocycles. The van der Waals surface area contributed by atoms with Crippen LogP contribution >= 0.6 is 0 Å². The number of benzene rings is 2. The molecule has 1 atom stereocenters. The summed E-state index contributed by atoms with van der Waals surface area (Å²) in [6, 6.07) is 11.5. The molecule has 0 aliphatic carbocycles. The summed E-state index contributed by atoms with van der Waals surface area (Å²) >= 11 is 0. The zero-order valence-electron chi connectivity index (χ0n) is 16.9. The summed E-state index contributed by atoms with van der Waals surface area (Å²) in [6.45, 7) is 1.42. The first-order chi connectivity index (χ1) is 14.7. The van der Waals surface area contributed by atoms with Crippen molar-refractivity contribution in [2.75, 3.05) is 23.9 Å². The second kappa shape index (κ2) is 9.04. The van der Waals surface area contributed by atoms with Crippen LogP contribution in [0, 0.1) is 0 Å². The van der Waals surface area contributed by atoms with Gasteiger partial charge >= 0.3 is 6.03 Å². The number of sulfonamides is 1. The first-order valence-corrected chi connectivity index (χ1v) is 10.8. The van der Waals surface area contributed by atoms with E-state index in [2.05, 4.69) is 10.6 Å². The fourth-order valence-electron chi connectivity index (χ4n) is 3.13. The molecule has 0 spiro atoms. The summed E-state index contributed by atoms with van der Waals surface area (Å²) in [5.74, 6) is -0.125. The summed E-state index contributed by atoms with van der Waals surface area (Å²) in [7, 11) is -2.39. The van der Waals surface area contributed by atoms with Gasteiger partial charge in [-0.2, -0.15) is 0 Å². The first kappa shape index (κ1) is 22.1. The number of ether oxygens (including phenoxy) is 1. The van der Waals surface area contributed by atoms with Crippen molar-refractivity contribution in [3.63, 3.8) is 0 Å². The number of urea groups is 1. The molecule has 0 unspecified atom stereocenters. The maximum Gasteiger partial charge on any atom is 0.319 e. The number of amides is 4. The van der Waals surface area contributed by atoms with E-state index in [4.69, 9.17) is 4.74 Å². The van der Waals surface area contributed by atoms with Gasteiger partial charge in [0.05, 0.1) is 18.0 Å². The van der Waals surface area contributed by atoms with Gasteiger partial charge in [-0.3, -0.25) is 9.59 Å². The minimum absolute atomic E-state index is 0.106. The second-order valence-electron chi connectivity index (χ2n) is 6.89. The summed E-state index contributed by atoms with van der Waals surface area (Å²) in [6.07, 6.45) is 0.160. The molecule has 0 radical (unpaired) electrons. The lowest BCUT2D eigenvalue weighted by Gasteiger charge is -2.18. The number of hydrogen-bond donors (Lipinski definition) is 3. The molecule has 2 aromatic rings. The summed E-state index contributed by atoms with van der Waals surface area (Å²) in [5.41, 5.74) is 1.07. The average Bonchev–Trinajstić information content (AvgIpc) is 3.07. The highest BCUT2D eigenvalue weighted by Gasteiger charge is 2.31. The van der Waals surface area contributed by atoms with Gasteiger partial charge in [-0.05, 0) is 48.5 Å². The van der Waals surface area contributed by atoms with Crippen LogP contribution in [0.25, 0.3) is 0 Å². The largest absolute Gasteiger partial charge is 0.497 e. The molecule has 1 aliphatic rings. The van der Waals surface area contributed by atoms with Gasteiger partial charge in [-0.25, -0.2) is 17.9 Å². The lowest BCUT2D eigenvalue weighted by atomic mass is 10.2. The standard InChI is InChI=1S/C20H22N4O6S/c1-13(25)23-31(28,29)18-9-3-14(4-10-18)21-20(27)22-15-11-19(26)24(12-15)16-5-7-17(30-2)8-6-16/h3-10,15H,11-12H2,1-2H3,(H,23,25)(H2,21,22,27)/t15-/m0/s1. The Morgan fingerprint density at radius 2 is 1.71 bits per heavy atom. The number of hydrogen-bond acceptors (Lipinski definition) is 6. The second-order valence-corrected chi connectivity index (χ2v) is 8.57. The Bertz CT molecular complexity index is 1080. The molecule has 3 N–H and O–H groups in total. The number of anilines is 2. The lowest BCUT2D eigenvalue weighted by Crippen LogP contribution is -2.39. The number of carbonyl (C=O) groups excluding carboxylic acids is 3. The molecule has 0 saturated carbocycles. The number of methoxy groups -OCH3 is 1. The molecule has 1 fully saturated rings. The molecular formula is C20H22N4O6S. The minimum Gasteiger partial charge on any atom is -0.497 e. The van der Waals surface area contributed by atoms with Crippen LogP contribution in [0.5, 0.6) is 5.75 Å². The van der Waals surface area contributed by atoms with Gasteiger partial charge in [-0.15, -0.1) is 0 Å². The molecule has 1 aliphatic heterocycles. The molecule has 164 valence electrons. The highest BCUT2D eigenvalue weighted by atomic mass is 32.2. The van der Waals surface area contributed by atoms with E-state index in [1.807, 2.05) is 4.72 Å². The van der Waals surface area contributed by atoms with Crippen molar-refractivity contribution in [3.05, 3.63) is 48.5 Å². The van der Waals surface area contributed by atoms with Gasteiger partial charge in [0, 0.05) is 31.3 Å². The van der Waals surface area contributed by atoms with E-state index in [1.54, 1.807) is 36.3 Å². The number of nitrogens with zero attached hydrogens (tertiary/aromatic N) is 1. The maximum atomic E-state index is 12.3. The van der Waals surface area contributed by atoms with Crippen molar-refractivity contribution in [2.45, 2.75) is 24.3 Å². The van der Waals surface area contributed by atoms with Crippen molar-refractivity contribution in [1.29, 1.82) is 0 Å². The van der Waals surface area contributed by atoms with Crippen molar-refractivity contribution in [2.24, 2.45) is 0 Å². The Morgan fingerprint density at radius 3 is 2.29 bits per heavy atom. The highest BCUT2D eigenvalue weighted by Crippen LogP contribution is 2.24. The lowest BCUT2D eigenvalue weighted by molar-refractivity contribution is -0.118. The molecule has 31 heavy (non-hydrogen) atoms. The molecule has 1 saturated heterocycles. The van der Waals surface area contributed by atoms with Gasteiger partial charge in [-0.1, -0.05) is 0 Å². The van der Waals surface area contributed by atoms with Crippen molar-refractivity contribution in [3.8, 4) is 5.75 Å². The molecule has 0 bridgehead atoms. The zero-order valence-corrected chi connectivity index (χ0v) is 17.7. The summed E-state index contributed by atoms with van der Waals surface area (Å²) in [5, 5.41) is 5.33. The molecule has 3 rings (SSSR count).